The smallest absolute Gasteiger partial charge is 0.224 e. The molecule has 0 aliphatic heterocycles. The molecule has 0 saturated heterocycles. The molecule has 58 valence electrons. The number of amides is 1. The highest BCUT2D eigenvalue weighted by Crippen LogP contribution is 2.57. The average molecular weight is 141 g/mol. The first-order chi connectivity index (χ1) is 4.51. The van der Waals surface area contributed by atoms with E-state index in [-0.39, 0.29) is 11.3 Å². The van der Waals surface area contributed by atoms with Gasteiger partial charge >= 0.3 is 0 Å². The number of carbonyl (C=O) groups is 1. The van der Waals surface area contributed by atoms with E-state index in [4.69, 9.17) is 5.73 Å². The molecular formula is C8H15NO. The normalized spacial score (nSPS) is 38.2. The molecule has 10 heavy (non-hydrogen) atoms. The highest BCUT2D eigenvalue weighted by atomic mass is 16.1. The van der Waals surface area contributed by atoms with Gasteiger partial charge in [-0.2, -0.15) is 0 Å². The Hall–Kier alpha value is -0.530. The summed E-state index contributed by atoms with van der Waals surface area (Å²) in [7, 11) is 0. The van der Waals surface area contributed by atoms with Crippen LogP contribution < -0.4 is 5.73 Å². The maximum absolute atomic E-state index is 11.0. The van der Waals surface area contributed by atoms with E-state index in [0.717, 1.165) is 6.42 Å². The third-order valence-corrected chi connectivity index (χ3v) is 2.85. The lowest BCUT2D eigenvalue weighted by molar-refractivity contribution is -0.125. The van der Waals surface area contributed by atoms with Crippen molar-refractivity contribution < 1.29 is 4.79 Å². The standard InChI is InChI=1S/C8H15NO/c1-5(2)8(7(9)10)4-6(8)3/h5-6H,4H2,1-3H3,(H2,9,10)/t6-,8?/m1/s1. The number of primary amides is 1. The van der Waals surface area contributed by atoms with Gasteiger partial charge in [-0.1, -0.05) is 20.8 Å². The molecule has 1 unspecified atom stereocenters. The van der Waals surface area contributed by atoms with Crippen molar-refractivity contribution in [3.63, 3.8) is 0 Å². The summed E-state index contributed by atoms with van der Waals surface area (Å²) in [6, 6.07) is 0. The van der Waals surface area contributed by atoms with E-state index in [1.54, 1.807) is 0 Å². The molecule has 0 heterocycles. The minimum absolute atomic E-state index is 0.116. The molecule has 0 aromatic rings. The number of hydrogen-bond donors (Lipinski definition) is 1. The van der Waals surface area contributed by atoms with Crippen LogP contribution in [-0.4, -0.2) is 5.91 Å². The Bertz CT molecular complexity index is 165. The summed E-state index contributed by atoms with van der Waals surface area (Å²) in [5, 5.41) is 0. The summed E-state index contributed by atoms with van der Waals surface area (Å²) in [6.45, 7) is 6.22. The summed E-state index contributed by atoms with van der Waals surface area (Å²) in [5.41, 5.74) is 5.13. The third kappa shape index (κ3) is 0.746. The average Bonchev–Trinajstić information content (AvgIpc) is 2.42. The van der Waals surface area contributed by atoms with E-state index >= 15 is 0 Å². The maximum atomic E-state index is 11.0. The molecular weight excluding hydrogens is 126 g/mol. The number of nitrogens with two attached hydrogens (primary N) is 1. The van der Waals surface area contributed by atoms with E-state index in [0.29, 0.717) is 11.8 Å². The molecule has 0 aromatic heterocycles. The van der Waals surface area contributed by atoms with Gasteiger partial charge in [0.2, 0.25) is 5.91 Å². The Kier molecular flexibility index (Phi) is 1.50. The van der Waals surface area contributed by atoms with Crippen LogP contribution in [0.25, 0.3) is 0 Å². The fraction of sp³-hybridized carbons (Fsp3) is 0.875. The zero-order valence-corrected chi connectivity index (χ0v) is 6.85. The molecule has 1 fully saturated rings. The van der Waals surface area contributed by atoms with Crippen molar-refractivity contribution in [1.29, 1.82) is 0 Å². The predicted octanol–water partition coefficient (Wildman–Crippen LogP) is 1.15. The van der Waals surface area contributed by atoms with E-state index in [2.05, 4.69) is 20.8 Å². The summed E-state index contributed by atoms with van der Waals surface area (Å²) < 4.78 is 0. The van der Waals surface area contributed by atoms with Crippen LogP contribution in [0.5, 0.6) is 0 Å². The molecule has 2 nitrogen and oxygen atoms in total. The molecule has 1 rings (SSSR count). The van der Waals surface area contributed by atoms with E-state index in [9.17, 15) is 4.79 Å². The topological polar surface area (TPSA) is 43.1 Å². The monoisotopic (exact) mass is 141 g/mol. The van der Waals surface area contributed by atoms with Gasteiger partial charge in [0.15, 0.2) is 0 Å². The van der Waals surface area contributed by atoms with E-state index in [1.807, 2.05) is 0 Å². The highest BCUT2D eigenvalue weighted by molar-refractivity contribution is 5.84. The van der Waals surface area contributed by atoms with Crippen molar-refractivity contribution in [2.24, 2.45) is 23.0 Å². The minimum Gasteiger partial charge on any atom is -0.369 e. The molecule has 0 spiro atoms. The van der Waals surface area contributed by atoms with Crippen LogP contribution in [-0.2, 0) is 4.79 Å². The van der Waals surface area contributed by atoms with Crippen molar-refractivity contribution in [2.45, 2.75) is 27.2 Å². The molecule has 1 amide bonds. The van der Waals surface area contributed by atoms with Crippen LogP contribution in [0.4, 0.5) is 0 Å². The second kappa shape index (κ2) is 1.97. The van der Waals surface area contributed by atoms with Crippen LogP contribution in [0.3, 0.4) is 0 Å². The lowest BCUT2D eigenvalue weighted by Crippen LogP contribution is -2.30. The van der Waals surface area contributed by atoms with Crippen LogP contribution >= 0.6 is 0 Å². The van der Waals surface area contributed by atoms with Gasteiger partial charge in [0, 0.05) is 0 Å². The van der Waals surface area contributed by atoms with Gasteiger partial charge in [-0.05, 0) is 18.3 Å². The molecule has 2 atom stereocenters. The first-order valence-corrected chi connectivity index (χ1v) is 3.81. The highest BCUT2D eigenvalue weighted by Gasteiger charge is 2.57. The second-order valence-corrected chi connectivity index (χ2v) is 3.66. The van der Waals surface area contributed by atoms with Crippen LogP contribution in [0.2, 0.25) is 0 Å². The van der Waals surface area contributed by atoms with Crippen LogP contribution in [0, 0.1) is 17.3 Å². The predicted molar refractivity (Wildman–Crippen MR) is 40.2 cm³/mol. The molecule has 2 N–H and O–H groups in total. The largest absolute Gasteiger partial charge is 0.369 e. The van der Waals surface area contributed by atoms with Crippen molar-refractivity contribution in [3.05, 3.63) is 0 Å². The molecule has 0 radical (unpaired) electrons. The van der Waals surface area contributed by atoms with Crippen molar-refractivity contribution in [1.82, 2.24) is 0 Å². The van der Waals surface area contributed by atoms with E-state index < -0.39 is 0 Å². The SMILES string of the molecule is CC(C)C1(C(N)=O)C[C@H]1C. The summed E-state index contributed by atoms with van der Waals surface area (Å²) >= 11 is 0. The molecule has 1 aliphatic rings. The van der Waals surface area contributed by atoms with E-state index in [1.165, 1.54) is 0 Å². The van der Waals surface area contributed by atoms with Gasteiger partial charge in [-0.25, -0.2) is 0 Å². The summed E-state index contributed by atoms with van der Waals surface area (Å²) in [5.74, 6) is 0.792. The summed E-state index contributed by atoms with van der Waals surface area (Å²) in [4.78, 5) is 11.0. The number of rotatable bonds is 2. The van der Waals surface area contributed by atoms with Crippen LogP contribution in [0.15, 0.2) is 0 Å². The van der Waals surface area contributed by atoms with Gasteiger partial charge in [-0.15, -0.1) is 0 Å². The fourth-order valence-corrected chi connectivity index (χ4v) is 1.88. The number of hydrogen-bond acceptors (Lipinski definition) is 1. The van der Waals surface area contributed by atoms with Gasteiger partial charge in [0.1, 0.15) is 0 Å². The Morgan fingerprint density at radius 2 is 2.10 bits per heavy atom. The maximum Gasteiger partial charge on any atom is 0.224 e. The molecule has 2 heteroatoms. The summed E-state index contributed by atoms with van der Waals surface area (Å²) in [6.07, 6.45) is 0.986. The lowest BCUT2D eigenvalue weighted by atomic mass is 9.89. The van der Waals surface area contributed by atoms with Gasteiger partial charge < -0.3 is 5.73 Å². The molecule has 1 saturated carbocycles. The zero-order chi connectivity index (χ0) is 7.94. The van der Waals surface area contributed by atoms with Crippen LogP contribution in [0.1, 0.15) is 27.2 Å². The van der Waals surface area contributed by atoms with Gasteiger partial charge in [-0.3, -0.25) is 4.79 Å². The molecule has 1 aliphatic carbocycles. The molecule has 0 aromatic carbocycles. The third-order valence-electron chi connectivity index (χ3n) is 2.85. The molecule has 0 bridgehead atoms. The lowest BCUT2D eigenvalue weighted by Gasteiger charge is -2.15. The first-order valence-electron chi connectivity index (χ1n) is 3.81. The Labute approximate surface area is 61.8 Å². The van der Waals surface area contributed by atoms with Crippen molar-refractivity contribution in [3.8, 4) is 0 Å². The quantitative estimate of drug-likeness (QED) is 0.616. The minimum atomic E-state index is -0.153. The fourth-order valence-electron chi connectivity index (χ4n) is 1.88. The van der Waals surface area contributed by atoms with Gasteiger partial charge in [0.05, 0.1) is 5.41 Å². The Morgan fingerprint density at radius 1 is 1.70 bits per heavy atom. The first kappa shape index (κ1) is 7.58. The Balaban J connectivity index is 2.73. The van der Waals surface area contributed by atoms with Crippen molar-refractivity contribution in [2.75, 3.05) is 0 Å². The Morgan fingerprint density at radius 3 is 2.10 bits per heavy atom. The van der Waals surface area contributed by atoms with Crippen molar-refractivity contribution >= 4 is 5.91 Å². The second-order valence-electron chi connectivity index (χ2n) is 3.66. The zero-order valence-electron chi connectivity index (χ0n) is 6.85. The number of carbonyl (C=O) groups excluding carboxylic acids is 1. The van der Waals surface area contributed by atoms with Gasteiger partial charge in [0.25, 0.3) is 0 Å².